The number of hydrogen-bond acceptors (Lipinski definition) is 2. The number of benzene rings is 2. The van der Waals surface area contributed by atoms with Gasteiger partial charge in [-0.2, -0.15) is 0 Å². The Hall–Kier alpha value is -0.630. The highest BCUT2D eigenvalue weighted by atomic mass is 127. The predicted octanol–water partition coefficient (Wildman–Crippen LogP) is 4.34. The molecule has 0 unspecified atom stereocenters. The average Bonchev–Trinajstić information content (AvgIpc) is 2.36. The van der Waals surface area contributed by atoms with Gasteiger partial charge in [0, 0.05) is 9.99 Å². The fourth-order valence-corrected chi connectivity index (χ4v) is 3.61. The van der Waals surface area contributed by atoms with Crippen molar-refractivity contribution in [2.24, 2.45) is 0 Å². The molecular weight excluding hydrogens is 466 g/mol. The first-order chi connectivity index (χ1) is 8.97. The maximum absolute atomic E-state index is 12.3. The molecule has 0 radical (unpaired) electrons. The van der Waals surface area contributed by atoms with Crippen molar-refractivity contribution in [1.82, 2.24) is 0 Å². The van der Waals surface area contributed by atoms with Crippen LogP contribution < -0.4 is 0 Å². The second-order valence-electron chi connectivity index (χ2n) is 4.37. The summed E-state index contributed by atoms with van der Waals surface area (Å²) in [6, 6.07) is 11.4. The van der Waals surface area contributed by atoms with E-state index in [1.807, 2.05) is 59.8 Å². The largest absolute Gasteiger partial charge is 0.506 e. The summed E-state index contributed by atoms with van der Waals surface area (Å²) < 4.78 is 1.66. The minimum Gasteiger partial charge on any atom is -0.506 e. The number of hydrogen-bond donors (Lipinski definition) is 1. The predicted molar refractivity (Wildman–Crippen MR) is 92.8 cm³/mol. The number of aromatic hydroxyl groups is 1. The van der Waals surface area contributed by atoms with E-state index < -0.39 is 0 Å². The van der Waals surface area contributed by atoms with Crippen LogP contribution in [-0.2, 0) is 6.42 Å². The van der Waals surface area contributed by atoms with Gasteiger partial charge in [0.1, 0.15) is 5.75 Å². The van der Waals surface area contributed by atoms with Crippen LogP contribution in [0.2, 0.25) is 0 Å². The van der Waals surface area contributed by atoms with Crippen LogP contribution in [0.1, 0.15) is 21.5 Å². The maximum Gasteiger partial charge on any atom is 0.171 e. The summed E-state index contributed by atoms with van der Waals surface area (Å²) in [6.45, 7) is 2.01. The summed E-state index contributed by atoms with van der Waals surface area (Å²) >= 11 is 4.19. The number of phenols is 1. The minimum atomic E-state index is -0.0576. The quantitative estimate of drug-likeness (QED) is 0.527. The molecule has 1 N–H and O–H groups in total. The number of phenolic OH excluding ortho intramolecular Hbond substituents is 1. The highest BCUT2D eigenvalue weighted by Gasteiger charge is 2.15. The third-order valence-corrected chi connectivity index (χ3v) is 4.26. The summed E-state index contributed by atoms with van der Waals surface area (Å²) in [5, 5.41) is 9.98. The van der Waals surface area contributed by atoms with E-state index in [4.69, 9.17) is 0 Å². The highest BCUT2D eigenvalue weighted by Crippen LogP contribution is 2.28. The second-order valence-corrected chi connectivity index (χ2v) is 6.78. The summed E-state index contributed by atoms with van der Waals surface area (Å²) in [6.07, 6.45) is 0.310. The standard InChI is InChI=1S/C15H12I2O2/c1-9-2-4-10(5-3-9)6-14(18)12-7-11(16)8-13(17)15(12)19/h2-5,7-8,19H,6H2,1H3. The van der Waals surface area contributed by atoms with Crippen molar-refractivity contribution in [3.05, 3.63) is 60.2 Å². The fraction of sp³-hybridized carbons (Fsp3) is 0.133. The van der Waals surface area contributed by atoms with Gasteiger partial charge >= 0.3 is 0 Å². The summed E-state index contributed by atoms with van der Waals surface area (Å²) in [5.41, 5.74) is 2.53. The van der Waals surface area contributed by atoms with Crippen molar-refractivity contribution < 1.29 is 9.90 Å². The smallest absolute Gasteiger partial charge is 0.171 e. The van der Waals surface area contributed by atoms with Crippen LogP contribution in [0.5, 0.6) is 5.75 Å². The van der Waals surface area contributed by atoms with Crippen LogP contribution in [-0.4, -0.2) is 10.9 Å². The molecule has 0 saturated carbocycles. The summed E-state index contributed by atoms with van der Waals surface area (Å²) in [5.74, 6) is 0.0240. The molecule has 0 aromatic heterocycles. The summed E-state index contributed by atoms with van der Waals surface area (Å²) in [7, 11) is 0. The van der Waals surface area contributed by atoms with Gasteiger partial charge in [-0.1, -0.05) is 29.8 Å². The molecule has 0 bridgehead atoms. The normalized spacial score (nSPS) is 10.5. The van der Waals surface area contributed by atoms with Gasteiger partial charge in [-0.3, -0.25) is 4.79 Å². The Morgan fingerprint density at radius 1 is 1.16 bits per heavy atom. The van der Waals surface area contributed by atoms with E-state index in [1.165, 1.54) is 5.56 Å². The third-order valence-electron chi connectivity index (χ3n) is 2.81. The van der Waals surface area contributed by atoms with E-state index in [9.17, 15) is 9.90 Å². The zero-order valence-electron chi connectivity index (χ0n) is 10.3. The van der Waals surface area contributed by atoms with Crippen LogP contribution in [0.25, 0.3) is 0 Å². The summed E-state index contributed by atoms with van der Waals surface area (Å²) in [4.78, 5) is 12.3. The van der Waals surface area contributed by atoms with Crippen molar-refractivity contribution >= 4 is 51.0 Å². The monoisotopic (exact) mass is 478 g/mol. The van der Waals surface area contributed by atoms with Gasteiger partial charge in [0.15, 0.2) is 5.78 Å². The number of carbonyl (C=O) groups is 1. The Morgan fingerprint density at radius 2 is 1.79 bits per heavy atom. The Kier molecular flexibility index (Phi) is 4.83. The lowest BCUT2D eigenvalue weighted by Gasteiger charge is -2.07. The van der Waals surface area contributed by atoms with Gasteiger partial charge in [-0.25, -0.2) is 0 Å². The third kappa shape index (κ3) is 3.68. The van der Waals surface area contributed by atoms with Gasteiger partial charge in [-0.05, 0) is 69.8 Å². The first-order valence-corrected chi connectivity index (χ1v) is 7.90. The van der Waals surface area contributed by atoms with Crippen molar-refractivity contribution in [3.8, 4) is 5.75 Å². The van der Waals surface area contributed by atoms with Crippen molar-refractivity contribution in [3.63, 3.8) is 0 Å². The zero-order chi connectivity index (χ0) is 14.0. The van der Waals surface area contributed by atoms with E-state index in [2.05, 4.69) is 22.6 Å². The molecule has 0 saturated heterocycles. The van der Waals surface area contributed by atoms with E-state index in [-0.39, 0.29) is 11.5 Å². The topological polar surface area (TPSA) is 37.3 Å². The molecule has 0 atom stereocenters. The van der Waals surface area contributed by atoms with Crippen LogP contribution in [0.15, 0.2) is 36.4 Å². The van der Waals surface area contributed by atoms with Gasteiger partial charge in [0.05, 0.1) is 9.13 Å². The van der Waals surface area contributed by atoms with Crippen molar-refractivity contribution in [1.29, 1.82) is 0 Å². The van der Waals surface area contributed by atoms with Crippen LogP contribution in [0, 0.1) is 14.1 Å². The first-order valence-electron chi connectivity index (χ1n) is 5.74. The molecule has 0 aliphatic heterocycles. The van der Waals surface area contributed by atoms with Crippen LogP contribution >= 0.6 is 45.2 Å². The van der Waals surface area contributed by atoms with Crippen molar-refractivity contribution in [2.75, 3.05) is 0 Å². The van der Waals surface area contributed by atoms with Gasteiger partial charge in [0.25, 0.3) is 0 Å². The van der Waals surface area contributed by atoms with Crippen LogP contribution in [0.4, 0.5) is 0 Å². The number of Topliss-reactive ketones (excluding diaryl/α,β-unsaturated/α-hetero) is 1. The molecule has 0 aliphatic carbocycles. The van der Waals surface area contributed by atoms with E-state index in [0.29, 0.717) is 15.6 Å². The lowest BCUT2D eigenvalue weighted by atomic mass is 10.0. The molecular formula is C15H12I2O2. The lowest BCUT2D eigenvalue weighted by Crippen LogP contribution is -2.05. The Balaban J connectivity index is 2.27. The number of rotatable bonds is 3. The molecule has 2 aromatic rings. The van der Waals surface area contributed by atoms with Crippen LogP contribution in [0.3, 0.4) is 0 Å². The molecule has 0 aliphatic rings. The number of ketones is 1. The first kappa shape index (κ1) is 14.8. The zero-order valence-corrected chi connectivity index (χ0v) is 14.6. The molecule has 0 amide bonds. The Bertz CT molecular complexity index is 619. The molecule has 0 heterocycles. The van der Waals surface area contributed by atoms with E-state index >= 15 is 0 Å². The Morgan fingerprint density at radius 3 is 2.42 bits per heavy atom. The average molecular weight is 478 g/mol. The molecule has 2 aromatic carbocycles. The lowest BCUT2D eigenvalue weighted by molar-refractivity contribution is 0.0990. The van der Waals surface area contributed by atoms with E-state index in [0.717, 1.165) is 9.13 Å². The molecule has 19 heavy (non-hydrogen) atoms. The molecule has 0 spiro atoms. The number of aryl methyl sites for hydroxylation is 1. The highest BCUT2D eigenvalue weighted by molar-refractivity contribution is 14.1. The maximum atomic E-state index is 12.3. The molecule has 98 valence electrons. The van der Waals surface area contributed by atoms with Crippen molar-refractivity contribution in [2.45, 2.75) is 13.3 Å². The Labute approximate surface area is 139 Å². The molecule has 2 rings (SSSR count). The van der Waals surface area contributed by atoms with E-state index in [1.54, 1.807) is 6.07 Å². The second kappa shape index (κ2) is 6.21. The molecule has 0 fully saturated rings. The number of halogens is 2. The molecule has 4 heteroatoms. The van der Waals surface area contributed by atoms with Gasteiger partial charge < -0.3 is 5.11 Å². The van der Waals surface area contributed by atoms with Gasteiger partial charge in [0.2, 0.25) is 0 Å². The number of carbonyl (C=O) groups excluding carboxylic acids is 1. The van der Waals surface area contributed by atoms with Gasteiger partial charge in [-0.15, -0.1) is 0 Å². The fourth-order valence-electron chi connectivity index (χ4n) is 1.77. The SMILES string of the molecule is Cc1ccc(CC(=O)c2cc(I)cc(I)c2O)cc1. The molecule has 2 nitrogen and oxygen atoms in total. The minimum absolute atomic E-state index is 0.0576.